The molecule has 2 rings (SSSR count). The lowest BCUT2D eigenvalue weighted by atomic mass is 10.1. The van der Waals surface area contributed by atoms with E-state index in [4.69, 9.17) is 21.6 Å². The molecule has 18 heavy (non-hydrogen) atoms. The minimum absolute atomic E-state index is 0.00611. The van der Waals surface area contributed by atoms with Crippen LogP contribution in [0.25, 0.3) is 11.3 Å². The fraction of sp³-hybridized carbons (Fsp3) is 0. The summed E-state index contributed by atoms with van der Waals surface area (Å²) >= 11 is 0. The van der Waals surface area contributed by atoms with Crippen molar-refractivity contribution < 1.29 is 4.42 Å². The number of guanidine groups is 2. The van der Waals surface area contributed by atoms with Crippen molar-refractivity contribution in [3.05, 3.63) is 42.7 Å². The van der Waals surface area contributed by atoms with Crippen LogP contribution >= 0.6 is 0 Å². The fourth-order valence-electron chi connectivity index (χ4n) is 1.46. The van der Waals surface area contributed by atoms with Crippen LogP contribution < -0.4 is 17.2 Å². The van der Waals surface area contributed by atoms with Gasteiger partial charge in [0.2, 0.25) is 5.96 Å². The Morgan fingerprint density at radius 1 is 1.06 bits per heavy atom. The van der Waals surface area contributed by atoms with E-state index in [0.29, 0.717) is 5.69 Å². The Morgan fingerprint density at radius 3 is 2.56 bits per heavy atom. The summed E-state index contributed by atoms with van der Waals surface area (Å²) in [5.41, 5.74) is 17.5. The third-order valence-corrected chi connectivity index (χ3v) is 2.14. The fourth-order valence-corrected chi connectivity index (χ4v) is 1.46. The highest BCUT2D eigenvalue weighted by atomic mass is 16.3. The molecule has 0 aliphatic rings. The summed E-state index contributed by atoms with van der Waals surface area (Å²) in [6.45, 7) is 0. The smallest absolute Gasteiger partial charge is 0.223 e. The lowest BCUT2D eigenvalue weighted by molar-refractivity contribution is 0.582. The number of benzene rings is 1. The Kier molecular flexibility index (Phi) is 3.29. The van der Waals surface area contributed by atoms with Crippen molar-refractivity contribution in [1.82, 2.24) is 0 Å². The molecule has 0 aliphatic carbocycles. The molecular weight excluding hydrogens is 230 g/mol. The zero-order valence-corrected chi connectivity index (χ0v) is 9.58. The molecule has 6 nitrogen and oxygen atoms in total. The van der Waals surface area contributed by atoms with Gasteiger partial charge in [-0.1, -0.05) is 12.1 Å². The molecule has 0 bridgehead atoms. The van der Waals surface area contributed by atoms with Crippen molar-refractivity contribution in [1.29, 1.82) is 0 Å². The van der Waals surface area contributed by atoms with Gasteiger partial charge in [-0.25, -0.2) is 4.99 Å². The molecule has 6 N–H and O–H groups in total. The van der Waals surface area contributed by atoms with E-state index in [0.717, 1.165) is 11.3 Å². The number of nitrogens with zero attached hydrogens (tertiary/aromatic N) is 2. The van der Waals surface area contributed by atoms with Gasteiger partial charge in [-0.15, -0.1) is 0 Å². The largest absolute Gasteiger partial charge is 0.464 e. The monoisotopic (exact) mass is 243 g/mol. The summed E-state index contributed by atoms with van der Waals surface area (Å²) in [4.78, 5) is 7.72. The van der Waals surface area contributed by atoms with Gasteiger partial charge in [-0.2, -0.15) is 4.99 Å². The van der Waals surface area contributed by atoms with E-state index in [2.05, 4.69) is 9.98 Å². The summed E-state index contributed by atoms with van der Waals surface area (Å²) in [5.74, 6) is 0.637. The Balaban J connectivity index is 2.31. The van der Waals surface area contributed by atoms with Crippen LogP contribution in [-0.2, 0) is 0 Å². The van der Waals surface area contributed by atoms with Gasteiger partial charge in [0.15, 0.2) is 5.96 Å². The molecule has 0 aliphatic heterocycles. The van der Waals surface area contributed by atoms with Crippen molar-refractivity contribution >= 4 is 17.6 Å². The van der Waals surface area contributed by atoms with Gasteiger partial charge < -0.3 is 21.6 Å². The van der Waals surface area contributed by atoms with Gasteiger partial charge in [0, 0.05) is 5.56 Å². The second kappa shape index (κ2) is 5.05. The van der Waals surface area contributed by atoms with E-state index in [1.54, 1.807) is 12.3 Å². The Bertz CT molecular complexity index is 582. The van der Waals surface area contributed by atoms with Gasteiger partial charge in [-0.05, 0) is 24.3 Å². The maximum atomic E-state index is 5.55. The number of rotatable bonds is 2. The lowest BCUT2D eigenvalue weighted by Gasteiger charge is -1.99. The minimum Gasteiger partial charge on any atom is -0.464 e. The van der Waals surface area contributed by atoms with Crippen LogP contribution in [0.15, 0.2) is 57.1 Å². The maximum absolute atomic E-state index is 5.55. The molecule has 0 saturated heterocycles. The Hall–Kier alpha value is -2.76. The van der Waals surface area contributed by atoms with Crippen molar-refractivity contribution in [2.24, 2.45) is 27.2 Å². The summed E-state index contributed by atoms with van der Waals surface area (Å²) in [7, 11) is 0. The average molecular weight is 243 g/mol. The van der Waals surface area contributed by atoms with E-state index >= 15 is 0 Å². The first-order valence-corrected chi connectivity index (χ1v) is 5.23. The zero-order chi connectivity index (χ0) is 13.0. The van der Waals surface area contributed by atoms with Crippen LogP contribution in [0.4, 0.5) is 5.69 Å². The summed E-state index contributed by atoms with van der Waals surface area (Å²) in [6, 6.07) is 11.1. The second-order valence-corrected chi connectivity index (χ2v) is 3.53. The molecule has 1 heterocycles. The number of hydrogen-bond donors (Lipinski definition) is 3. The normalized spacial score (nSPS) is 11.2. The van der Waals surface area contributed by atoms with Crippen LogP contribution in [0.3, 0.4) is 0 Å². The number of hydrogen-bond acceptors (Lipinski definition) is 2. The molecule has 0 atom stereocenters. The molecule has 2 aromatic rings. The number of nitrogens with two attached hydrogens (primary N) is 3. The van der Waals surface area contributed by atoms with Crippen molar-refractivity contribution in [3.63, 3.8) is 0 Å². The number of aliphatic imine (C=N–C) groups is 2. The molecule has 92 valence electrons. The highest BCUT2D eigenvalue weighted by Crippen LogP contribution is 2.24. The topological polar surface area (TPSA) is 116 Å². The predicted octanol–water partition coefficient (Wildman–Crippen LogP) is 1.17. The first-order chi connectivity index (χ1) is 8.65. The molecule has 1 aromatic carbocycles. The van der Waals surface area contributed by atoms with E-state index in [-0.39, 0.29) is 11.9 Å². The van der Waals surface area contributed by atoms with Crippen LogP contribution in [0.2, 0.25) is 0 Å². The molecule has 0 spiro atoms. The first-order valence-electron chi connectivity index (χ1n) is 5.23. The molecule has 0 saturated carbocycles. The SMILES string of the molecule is NC(N)=NC(N)=Nc1cccc(-c2ccco2)c1. The molecule has 0 unspecified atom stereocenters. The van der Waals surface area contributed by atoms with Crippen LogP contribution in [-0.4, -0.2) is 11.9 Å². The summed E-state index contributed by atoms with van der Waals surface area (Å²) < 4.78 is 5.30. The highest BCUT2D eigenvalue weighted by Gasteiger charge is 2.01. The molecule has 0 amide bonds. The van der Waals surface area contributed by atoms with Gasteiger partial charge in [-0.3, -0.25) is 0 Å². The van der Waals surface area contributed by atoms with Crippen LogP contribution in [0, 0.1) is 0 Å². The lowest BCUT2D eigenvalue weighted by Crippen LogP contribution is -2.26. The maximum Gasteiger partial charge on any atom is 0.223 e. The molecule has 6 heteroatoms. The third kappa shape index (κ3) is 2.88. The van der Waals surface area contributed by atoms with E-state index < -0.39 is 0 Å². The van der Waals surface area contributed by atoms with Crippen LogP contribution in [0.5, 0.6) is 0 Å². The van der Waals surface area contributed by atoms with E-state index in [1.807, 2.05) is 30.3 Å². The van der Waals surface area contributed by atoms with Gasteiger partial charge >= 0.3 is 0 Å². The Morgan fingerprint density at radius 2 is 1.89 bits per heavy atom. The van der Waals surface area contributed by atoms with Crippen molar-refractivity contribution in [2.75, 3.05) is 0 Å². The van der Waals surface area contributed by atoms with Crippen molar-refractivity contribution in [2.45, 2.75) is 0 Å². The number of furan rings is 1. The molecular formula is C12H13N5O. The standard InChI is InChI=1S/C12H13N5O/c13-11(14)17-12(15)16-9-4-1-3-8(7-9)10-5-2-6-18-10/h1-7H,(H6,13,14,15,16,17). The molecule has 0 radical (unpaired) electrons. The average Bonchev–Trinajstić information content (AvgIpc) is 2.81. The summed E-state index contributed by atoms with van der Waals surface area (Å²) in [6.07, 6.45) is 1.61. The minimum atomic E-state index is -0.126. The highest BCUT2D eigenvalue weighted by molar-refractivity contribution is 5.93. The van der Waals surface area contributed by atoms with Gasteiger partial charge in [0.25, 0.3) is 0 Å². The quantitative estimate of drug-likeness (QED) is 0.542. The van der Waals surface area contributed by atoms with Crippen molar-refractivity contribution in [3.8, 4) is 11.3 Å². The molecule has 0 fully saturated rings. The Labute approximate surface area is 104 Å². The van der Waals surface area contributed by atoms with Gasteiger partial charge in [0.05, 0.1) is 12.0 Å². The predicted molar refractivity (Wildman–Crippen MR) is 71.2 cm³/mol. The summed E-state index contributed by atoms with van der Waals surface area (Å²) in [5, 5.41) is 0. The zero-order valence-electron chi connectivity index (χ0n) is 9.58. The van der Waals surface area contributed by atoms with Gasteiger partial charge in [0.1, 0.15) is 5.76 Å². The molecule has 1 aromatic heterocycles. The van der Waals surface area contributed by atoms with E-state index in [1.165, 1.54) is 0 Å². The third-order valence-electron chi connectivity index (χ3n) is 2.14. The van der Waals surface area contributed by atoms with Crippen LogP contribution in [0.1, 0.15) is 0 Å². The first kappa shape index (κ1) is 11.7. The second-order valence-electron chi connectivity index (χ2n) is 3.53. The van der Waals surface area contributed by atoms with E-state index in [9.17, 15) is 0 Å².